The topological polar surface area (TPSA) is 109 Å². The number of aryl methyl sites for hydroxylation is 2. The molecule has 2 atom stereocenters. The zero-order chi connectivity index (χ0) is 36.5. The van der Waals surface area contributed by atoms with E-state index in [0.29, 0.717) is 41.1 Å². The second-order valence-electron chi connectivity index (χ2n) is 14.5. The van der Waals surface area contributed by atoms with Crippen LogP contribution < -0.4 is 5.32 Å². The molecular formula is C37H40Cl2F2N8O2. The number of carbonyl (C=O) groups excluding carboxylic acids is 1. The van der Waals surface area contributed by atoms with Crippen LogP contribution in [0.15, 0.2) is 36.7 Å². The van der Waals surface area contributed by atoms with E-state index in [0.717, 1.165) is 57.8 Å². The van der Waals surface area contributed by atoms with Crippen molar-refractivity contribution in [2.24, 2.45) is 14.1 Å². The summed E-state index contributed by atoms with van der Waals surface area (Å²) in [5.41, 5.74) is 7.35. The lowest BCUT2D eigenvalue weighted by Crippen LogP contribution is -2.40. The molecule has 4 aromatic heterocycles. The molecule has 6 heterocycles. The Kier molecular flexibility index (Phi) is 8.92. The van der Waals surface area contributed by atoms with Crippen LogP contribution in [0.25, 0.3) is 44.3 Å². The van der Waals surface area contributed by atoms with E-state index < -0.39 is 17.2 Å². The van der Waals surface area contributed by atoms with Crippen molar-refractivity contribution in [2.45, 2.75) is 65.1 Å². The summed E-state index contributed by atoms with van der Waals surface area (Å²) >= 11 is 12.3. The molecule has 3 N–H and O–H groups in total. The molecule has 0 radical (unpaired) electrons. The first-order valence-corrected chi connectivity index (χ1v) is 17.6. The van der Waals surface area contributed by atoms with Crippen molar-refractivity contribution in [3.8, 4) is 22.5 Å². The Morgan fingerprint density at radius 3 is 1.86 bits per heavy atom. The minimum absolute atomic E-state index is 0.00609. The quantitative estimate of drug-likeness (QED) is 0.165. The summed E-state index contributed by atoms with van der Waals surface area (Å²) < 4.78 is 38.4. The Labute approximate surface area is 304 Å². The molecular weight excluding hydrogens is 697 g/mol. The second-order valence-corrected chi connectivity index (χ2v) is 15.3. The lowest BCUT2D eigenvalue weighted by atomic mass is 9.94. The minimum atomic E-state index is -0.584. The lowest BCUT2D eigenvalue weighted by Gasteiger charge is -2.33. The zero-order valence-electron chi connectivity index (χ0n) is 29.5. The Hall–Kier alpha value is -4.39. The fourth-order valence-corrected chi connectivity index (χ4v) is 7.58. The van der Waals surface area contributed by atoms with Gasteiger partial charge in [0, 0.05) is 96.8 Å². The minimum Gasteiger partial charge on any atom is -0.444 e. The van der Waals surface area contributed by atoms with Gasteiger partial charge in [-0.1, -0.05) is 37.0 Å². The van der Waals surface area contributed by atoms with Gasteiger partial charge >= 0.3 is 6.09 Å². The van der Waals surface area contributed by atoms with Gasteiger partial charge in [-0.15, -0.1) is 0 Å². The fraction of sp³-hybridized carbons (Fsp3) is 0.378. The summed E-state index contributed by atoms with van der Waals surface area (Å²) in [5, 5.41) is 14.1. The number of ether oxygens (including phenoxy) is 1. The highest BCUT2D eigenvalue weighted by Gasteiger charge is 2.34. The Bertz CT molecular complexity index is 2310. The van der Waals surface area contributed by atoms with Crippen LogP contribution in [0.2, 0.25) is 10.0 Å². The van der Waals surface area contributed by atoms with E-state index in [1.807, 2.05) is 66.3 Å². The predicted octanol–water partition coefficient (Wildman–Crippen LogP) is 8.78. The first kappa shape index (κ1) is 35.0. The summed E-state index contributed by atoms with van der Waals surface area (Å²) in [7, 11) is 3.69. The van der Waals surface area contributed by atoms with E-state index in [1.165, 1.54) is 0 Å². The van der Waals surface area contributed by atoms with Crippen LogP contribution >= 0.6 is 23.2 Å². The highest BCUT2D eigenvalue weighted by atomic mass is 35.5. The molecule has 0 saturated heterocycles. The van der Waals surface area contributed by atoms with Crippen LogP contribution in [0.4, 0.5) is 13.6 Å². The van der Waals surface area contributed by atoms with E-state index in [9.17, 15) is 13.6 Å². The molecule has 0 fully saturated rings. The van der Waals surface area contributed by atoms with Crippen LogP contribution in [-0.4, -0.2) is 59.2 Å². The summed E-state index contributed by atoms with van der Waals surface area (Å²) in [6.45, 7) is 12.1. The van der Waals surface area contributed by atoms with Crippen LogP contribution in [0, 0.1) is 11.6 Å². The van der Waals surface area contributed by atoms with Gasteiger partial charge in [-0.05, 0) is 50.6 Å². The van der Waals surface area contributed by atoms with Crippen molar-refractivity contribution in [1.29, 1.82) is 0 Å². The third-order valence-corrected chi connectivity index (χ3v) is 9.97. The van der Waals surface area contributed by atoms with E-state index >= 15 is 0 Å². The third-order valence-electron chi connectivity index (χ3n) is 9.42. The molecule has 0 aliphatic carbocycles. The number of aromatic nitrogens is 6. The molecule has 10 nitrogen and oxygen atoms in total. The molecule has 2 aliphatic heterocycles. The monoisotopic (exact) mass is 736 g/mol. The van der Waals surface area contributed by atoms with Gasteiger partial charge in [0.2, 0.25) is 0 Å². The first-order valence-electron chi connectivity index (χ1n) is 16.8. The second kappa shape index (κ2) is 13.0. The molecule has 2 unspecified atom stereocenters. The molecule has 0 saturated carbocycles. The number of amides is 1. The highest BCUT2D eigenvalue weighted by molar-refractivity contribution is 6.32. The number of nitrogens with one attached hydrogen (secondary N) is 3. The van der Waals surface area contributed by atoms with Gasteiger partial charge in [-0.2, -0.15) is 10.2 Å². The van der Waals surface area contributed by atoms with Gasteiger partial charge in [0.05, 0.1) is 39.0 Å². The largest absolute Gasteiger partial charge is 0.444 e. The van der Waals surface area contributed by atoms with Crippen LogP contribution in [0.5, 0.6) is 0 Å². The van der Waals surface area contributed by atoms with E-state index in [-0.39, 0.29) is 22.1 Å². The third kappa shape index (κ3) is 6.38. The van der Waals surface area contributed by atoms with Crippen molar-refractivity contribution in [1.82, 2.24) is 39.7 Å². The highest BCUT2D eigenvalue weighted by Crippen LogP contribution is 2.42. The number of rotatable bonds is 2. The molecule has 51 heavy (non-hydrogen) atoms. The Morgan fingerprint density at radius 1 is 0.863 bits per heavy atom. The number of hydrogen-bond acceptors (Lipinski definition) is 5. The molecule has 14 heteroatoms. The summed E-state index contributed by atoms with van der Waals surface area (Å²) in [6.07, 6.45) is 3.32. The molecule has 268 valence electrons. The molecule has 2 aromatic carbocycles. The van der Waals surface area contributed by atoms with Gasteiger partial charge in [-0.25, -0.2) is 13.6 Å². The molecule has 2 aliphatic rings. The zero-order valence-corrected chi connectivity index (χ0v) is 31.0. The number of carbonyl (C=O) groups is 1. The first-order chi connectivity index (χ1) is 24.1. The average molecular weight is 738 g/mol. The van der Waals surface area contributed by atoms with Crippen LogP contribution in [-0.2, 0) is 31.9 Å². The van der Waals surface area contributed by atoms with Crippen LogP contribution in [0.3, 0.4) is 0 Å². The standard InChI is InChI=1S/C21H24ClFN4O2.C16H16ClFN4/c1-11-9-27(20(28)29-21(2,3)4)10-13-16-12(15-6-7-26(5)25-15)8-14(22)17(23)19(16)24-18(11)13;1-8-6-19-7-10-13-9(12-3-4-22(2)21-12)5-11(17)14(18)16(13)20-15(8)10/h6-8,11,24H,9-10H2,1-5H3;3-5,8,19-20H,6-7H2,1-2H3. The normalized spacial score (nSPS) is 17.4. The predicted molar refractivity (Wildman–Crippen MR) is 196 cm³/mol. The van der Waals surface area contributed by atoms with Gasteiger partial charge in [0.25, 0.3) is 0 Å². The lowest BCUT2D eigenvalue weighted by molar-refractivity contribution is 0.0209. The number of H-pyrrole nitrogens is 2. The number of benzene rings is 2. The van der Waals surface area contributed by atoms with Crippen molar-refractivity contribution < 1.29 is 18.3 Å². The smallest absolute Gasteiger partial charge is 0.410 e. The molecule has 1 amide bonds. The van der Waals surface area contributed by atoms with Crippen molar-refractivity contribution in [3.63, 3.8) is 0 Å². The molecule has 8 rings (SSSR count). The van der Waals surface area contributed by atoms with Crippen molar-refractivity contribution in [3.05, 3.63) is 80.9 Å². The fourth-order valence-electron chi connectivity index (χ4n) is 7.17. The SMILES string of the molecule is CC1CN(C(=O)OC(C)(C)C)Cc2c1[nH]c1c(F)c(Cl)cc(-c3ccn(C)n3)c21.CC1CNCc2c1[nH]c1c(F)c(Cl)cc(-c3ccn(C)n3)c21. The number of halogens is 4. The molecule has 6 aromatic rings. The van der Waals surface area contributed by atoms with Crippen LogP contribution in [0.1, 0.15) is 69.0 Å². The number of hydrogen-bond donors (Lipinski definition) is 3. The van der Waals surface area contributed by atoms with Gasteiger partial charge in [0.15, 0.2) is 11.6 Å². The maximum Gasteiger partial charge on any atom is 0.410 e. The van der Waals surface area contributed by atoms with Crippen molar-refractivity contribution >= 4 is 51.1 Å². The van der Waals surface area contributed by atoms with Crippen molar-refractivity contribution in [2.75, 3.05) is 13.1 Å². The summed E-state index contributed by atoms with van der Waals surface area (Å²) in [5.74, 6) is -0.580. The molecule has 0 bridgehead atoms. The van der Waals surface area contributed by atoms with E-state index in [4.69, 9.17) is 27.9 Å². The van der Waals surface area contributed by atoms with Gasteiger partial charge < -0.3 is 24.9 Å². The number of aromatic amines is 2. The van der Waals surface area contributed by atoms with E-state index in [1.54, 1.807) is 26.4 Å². The van der Waals surface area contributed by atoms with E-state index in [2.05, 4.69) is 32.4 Å². The Balaban J connectivity index is 0.000000165. The van der Waals surface area contributed by atoms with Gasteiger partial charge in [0.1, 0.15) is 5.60 Å². The molecule has 0 spiro atoms. The summed E-state index contributed by atoms with van der Waals surface area (Å²) in [6, 6.07) is 7.06. The number of fused-ring (bicyclic) bond motifs is 6. The summed E-state index contributed by atoms with van der Waals surface area (Å²) in [4.78, 5) is 20.8. The van der Waals surface area contributed by atoms with Gasteiger partial charge in [-0.3, -0.25) is 9.36 Å². The number of nitrogens with zero attached hydrogens (tertiary/aromatic N) is 5. The maximum absolute atomic E-state index is 14.9. The average Bonchev–Trinajstić information content (AvgIpc) is 3.86. The maximum atomic E-state index is 14.9. The Morgan fingerprint density at radius 2 is 1.37 bits per heavy atom.